The van der Waals surface area contributed by atoms with E-state index in [1.54, 1.807) is 6.07 Å². The number of fused-ring (bicyclic) bond motifs is 3. The highest BCUT2D eigenvalue weighted by Gasteiger charge is 2.11. The van der Waals surface area contributed by atoms with Gasteiger partial charge in [-0.3, -0.25) is 14.2 Å². The average Bonchev–Trinajstić information content (AvgIpc) is 3.06. The summed E-state index contributed by atoms with van der Waals surface area (Å²) < 4.78 is 1.45. The maximum atomic E-state index is 12.7. The Morgan fingerprint density at radius 1 is 1.15 bits per heavy atom. The van der Waals surface area contributed by atoms with Crippen molar-refractivity contribution in [1.82, 2.24) is 19.9 Å². The minimum absolute atomic E-state index is 0.154. The molecule has 2 aromatic heterocycles. The molecular weight excluding hydrogens is 364 g/mol. The molecule has 27 heavy (non-hydrogen) atoms. The summed E-state index contributed by atoms with van der Waals surface area (Å²) in [5.74, 6) is -0.154. The quantitative estimate of drug-likeness (QED) is 0.557. The van der Waals surface area contributed by atoms with Crippen molar-refractivity contribution in [3.05, 3.63) is 75.8 Å². The van der Waals surface area contributed by atoms with Crippen LogP contribution < -0.4 is 10.9 Å². The van der Waals surface area contributed by atoms with Crippen LogP contribution in [0.1, 0.15) is 12.0 Å². The Hall–Kier alpha value is -3.12. The Morgan fingerprint density at radius 3 is 2.78 bits per heavy atom. The lowest BCUT2D eigenvalue weighted by Crippen LogP contribution is -2.27. The maximum absolute atomic E-state index is 12.7. The summed E-state index contributed by atoms with van der Waals surface area (Å²) in [5, 5.41) is 4.35. The van der Waals surface area contributed by atoms with Gasteiger partial charge in [-0.05, 0) is 17.7 Å². The monoisotopic (exact) mass is 380 g/mol. The van der Waals surface area contributed by atoms with Crippen LogP contribution in [-0.2, 0) is 17.9 Å². The van der Waals surface area contributed by atoms with Gasteiger partial charge in [-0.25, -0.2) is 4.98 Å². The van der Waals surface area contributed by atoms with Gasteiger partial charge in [0.05, 0.1) is 6.33 Å². The summed E-state index contributed by atoms with van der Waals surface area (Å²) in [6, 6.07) is 15.0. The molecule has 0 radical (unpaired) electrons. The van der Waals surface area contributed by atoms with Crippen molar-refractivity contribution in [3.63, 3.8) is 0 Å². The van der Waals surface area contributed by atoms with Crippen molar-refractivity contribution in [1.29, 1.82) is 0 Å². The van der Waals surface area contributed by atoms with Gasteiger partial charge in [-0.15, -0.1) is 0 Å². The molecule has 0 aliphatic rings. The first kappa shape index (κ1) is 17.3. The number of H-pyrrole nitrogens is 1. The molecule has 0 saturated heterocycles. The molecule has 2 aromatic carbocycles. The molecule has 0 aliphatic carbocycles. The normalized spacial score (nSPS) is 11.1. The van der Waals surface area contributed by atoms with E-state index in [1.807, 2.05) is 42.5 Å². The number of nitrogens with zero attached hydrogens (tertiary/aromatic N) is 2. The summed E-state index contributed by atoms with van der Waals surface area (Å²) in [6.07, 6.45) is 1.67. The van der Waals surface area contributed by atoms with E-state index in [1.165, 1.54) is 10.9 Å². The van der Waals surface area contributed by atoms with Gasteiger partial charge in [0.1, 0.15) is 11.0 Å². The summed E-state index contributed by atoms with van der Waals surface area (Å²) in [7, 11) is 0. The molecule has 1 amide bonds. The fraction of sp³-hybridized carbons (Fsp3) is 0.150. The molecule has 0 atom stereocenters. The molecule has 0 bridgehead atoms. The van der Waals surface area contributed by atoms with Crippen LogP contribution in [0.5, 0.6) is 0 Å². The summed E-state index contributed by atoms with van der Waals surface area (Å²) >= 11 is 6.08. The zero-order chi connectivity index (χ0) is 18.8. The molecule has 0 unspecified atom stereocenters. The van der Waals surface area contributed by atoms with E-state index in [0.717, 1.165) is 16.5 Å². The number of carbonyl (C=O) groups excluding carboxylic acids is 1. The van der Waals surface area contributed by atoms with E-state index in [9.17, 15) is 9.59 Å². The van der Waals surface area contributed by atoms with E-state index in [4.69, 9.17) is 11.6 Å². The Bertz CT molecular complexity index is 1200. The number of rotatable bonds is 5. The number of hydrogen-bond donors (Lipinski definition) is 2. The lowest BCUT2D eigenvalue weighted by molar-refractivity contribution is -0.121. The first-order chi connectivity index (χ1) is 13.1. The molecule has 0 aliphatic heterocycles. The number of aryl methyl sites for hydroxylation is 1. The second kappa shape index (κ2) is 7.25. The Morgan fingerprint density at radius 2 is 1.93 bits per heavy atom. The first-order valence-electron chi connectivity index (χ1n) is 8.59. The van der Waals surface area contributed by atoms with Crippen molar-refractivity contribution in [2.24, 2.45) is 0 Å². The van der Waals surface area contributed by atoms with Crippen LogP contribution in [0.4, 0.5) is 0 Å². The van der Waals surface area contributed by atoms with Gasteiger partial charge in [0, 0.05) is 35.4 Å². The molecule has 0 saturated carbocycles. The number of aromatic amines is 1. The van der Waals surface area contributed by atoms with Crippen molar-refractivity contribution in [2.45, 2.75) is 19.5 Å². The summed E-state index contributed by atoms with van der Waals surface area (Å²) in [6.45, 7) is 0.609. The van der Waals surface area contributed by atoms with Gasteiger partial charge in [-0.2, -0.15) is 0 Å². The smallest absolute Gasteiger partial charge is 0.277 e. The molecular formula is C20H17ClN4O2. The number of carbonyl (C=O) groups is 1. The van der Waals surface area contributed by atoms with Crippen LogP contribution in [0.3, 0.4) is 0 Å². The predicted octanol–water partition coefficient (Wildman–Crippen LogP) is 3.24. The number of nitrogens with one attached hydrogen (secondary N) is 2. The van der Waals surface area contributed by atoms with Crippen molar-refractivity contribution in [2.75, 3.05) is 0 Å². The van der Waals surface area contributed by atoms with Crippen LogP contribution in [-0.4, -0.2) is 20.4 Å². The van der Waals surface area contributed by atoms with Crippen molar-refractivity contribution in [3.8, 4) is 0 Å². The number of benzene rings is 2. The highest BCUT2D eigenvalue weighted by Crippen LogP contribution is 2.20. The van der Waals surface area contributed by atoms with Gasteiger partial charge in [-0.1, -0.05) is 48.0 Å². The Balaban J connectivity index is 1.46. The molecule has 2 N–H and O–H groups in total. The molecule has 4 rings (SSSR count). The summed E-state index contributed by atoms with van der Waals surface area (Å²) in [5.41, 5.74) is 2.64. The largest absolute Gasteiger partial charge is 0.352 e. The second-order valence-electron chi connectivity index (χ2n) is 6.26. The van der Waals surface area contributed by atoms with Crippen molar-refractivity contribution >= 4 is 39.4 Å². The summed E-state index contributed by atoms with van der Waals surface area (Å²) in [4.78, 5) is 32.3. The van der Waals surface area contributed by atoms with E-state index >= 15 is 0 Å². The number of halogens is 1. The van der Waals surface area contributed by atoms with Gasteiger partial charge >= 0.3 is 0 Å². The van der Waals surface area contributed by atoms with Gasteiger partial charge < -0.3 is 10.3 Å². The van der Waals surface area contributed by atoms with Gasteiger partial charge in [0.25, 0.3) is 5.56 Å². The first-order valence-corrected chi connectivity index (χ1v) is 8.97. The SMILES string of the molecule is O=C(CCn1cnc2c([nH]c3ccccc32)c1=O)NCc1ccccc1Cl. The number of para-hydroxylation sites is 1. The molecule has 0 spiro atoms. The second-order valence-corrected chi connectivity index (χ2v) is 6.66. The fourth-order valence-electron chi connectivity index (χ4n) is 3.04. The van der Waals surface area contributed by atoms with Crippen molar-refractivity contribution < 1.29 is 4.79 Å². The average molecular weight is 381 g/mol. The maximum Gasteiger partial charge on any atom is 0.277 e. The highest BCUT2D eigenvalue weighted by molar-refractivity contribution is 6.31. The number of amides is 1. The highest BCUT2D eigenvalue weighted by atomic mass is 35.5. The van der Waals surface area contributed by atoms with Crippen LogP contribution in [0.25, 0.3) is 21.9 Å². The van der Waals surface area contributed by atoms with Gasteiger partial charge in [0.2, 0.25) is 5.91 Å². The van der Waals surface area contributed by atoms with E-state index < -0.39 is 0 Å². The fourth-order valence-corrected chi connectivity index (χ4v) is 3.25. The molecule has 0 fully saturated rings. The molecule has 2 heterocycles. The topological polar surface area (TPSA) is 79.8 Å². The molecule has 136 valence electrons. The Kier molecular flexibility index (Phi) is 4.64. The lowest BCUT2D eigenvalue weighted by Gasteiger charge is -2.08. The molecule has 6 nitrogen and oxygen atoms in total. The van der Waals surface area contributed by atoms with E-state index in [0.29, 0.717) is 22.6 Å². The minimum Gasteiger partial charge on any atom is -0.352 e. The number of hydrogen-bond acceptors (Lipinski definition) is 3. The van der Waals surface area contributed by atoms with Gasteiger partial charge in [0.15, 0.2) is 0 Å². The van der Waals surface area contributed by atoms with E-state index in [-0.39, 0.29) is 24.4 Å². The third-order valence-electron chi connectivity index (χ3n) is 4.49. The third kappa shape index (κ3) is 3.44. The standard InChI is InChI=1S/C20H17ClN4O2/c21-15-7-3-1-5-13(15)11-22-17(26)9-10-25-12-23-18-14-6-2-4-8-16(14)24-19(18)20(25)27/h1-8,12,24H,9-11H2,(H,22,26). The minimum atomic E-state index is -0.185. The zero-order valence-electron chi connectivity index (χ0n) is 14.4. The van der Waals surface area contributed by atoms with Crippen LogP contribution in [0.2, 0.25) is 5.02 Å². The predicted molar refractivity (Wildman–Crippen MR) is 106 cm³/mol. The van der Waals surface area contributed by atoms with E-state index in [2.05, 4.69) is 15.3 Å². The zero-order valence-corrected chi connectivity index (χ0v) is 15.2. The third-order valence-corrected chi connectivity index (χ3v) is 4.86. The van der Waals surface area contributed by atoms with Crippen LogP contribution in [0, 0.1) is 0 Å². The molecule has 4 aromatic rings. The van der Waals surface area contributed by atoms with Crippen LogP contribution in [0.15, 0.2) is 59.7 Å². The van der Waals surface area contributed by atoms with Crippen LogP contribution >= 0.6 is 11.6 Å². The molecule has 7 heteroatoms. The number of aromatic nitrogens is 3. The lowest BCUT2D eigenvalue weighted by atomic mass is 10.2. The Labute approximate surface area is 159 Å².